The van der Waals surface area contributed by atoms with Gasteiger partial charge in [0.15, 0.2) is 5.82 Å². The van der Waals surface area contributed by atoms with Gasteiger partial charge in [0, 0.05) is 17.5 Å². The van der Waals surface area contributed by atoms with Gasteiger partial charge in [0.1, 0.15) is 11.6 Å². The summed E-state index contributed by atoms with van der Waals surface area (Å²) in [6.45, 7) is 1.32. The minimum Gasteiger partial charge on any atom is -0.490 e. The van der Waals surface area contributed by atoms with Gasteiger partial charge in [-0.05, 0) is 67.6 Å². The fourth-order valence-corrected chi connectivity index (χ4v) is 4.77. The summed E-state index contributed by atoms with van der Waals surface area (Å²) in [5.41, 5.74) is 1.44. The molecule has 1 N–H and O–H groups in total. The van der Waals surface area contributed by atoms with Gasteiger partial charge in [-0.15, -0.1) is 22.6 Å². The first-order valence-corrected chi connectivity index (χ1v) is 11.0. The van der Waals surface area contributed by atoms with Crippen LogP contribution in [0.3, 0.4) is 0 Å². The lowest BCUT2D eigenvalue weighted by atomic mass is 9.86. The lowest BCUT2D eigenvalue weighted by molar-refractivity contribution is -0.137. The third-order valence-electron chi connectivity index (χ3n) is 6.14. The van der Waals surface area contributed by atoms with Gasteiger partial charge in [-0.25, -0.2) is 0 Å². The Bertz CT molecular complexity index is 1130. The summed E-state index contributed by atoms with van der Waals surface area (Å²) in [6.07, 6.45) is -1.34. The Balaban J connectivity index is 0.00000259. The first kappa shape index (κ1) is 23.9. The van der Waals surface area contributed by atoms with Crippen molar-refractivity contribution in [2.75, 3.05) is 0 Å². The van der Waals surface area contributed by atoms with Crippen LogP contribution in [-0.2, 0) is 19.3 Å². The molecule has 0 radical (unpaired) electrons. The van der Waals surface area contributed by atoms with Crippen LogP contribution < -0.4 is 10.1 Å². The second-order valence-corrected chi connectivity index (χ2v) is 8.74. The van der Waals surface area contributed by atoms with Crippen LogP contribution in [0.15, 0.2) is 42.5 Å². The molecule has 0 atom stereocenters. The number of benzene rings is 2. The van der Waals surface area contributed by atoms with Crippen molar-refractivity contribution in [3.63, 3.8) is 0 Å². The number of hydrogen-bond acceptors (Lipinski definition) is 4. The number of nitrogens with one attached hydrogen (secondary N) is 1. The van der Waals surface area contributed by atoms with Gasteiger partial charge in [-0.1, -0.05) is 17.7 Å². The first-order chi connectivity index (χ1) is 15.4. The molecule has 0 unspecified atom stereocenters. The van der Waals surface area contributed by atoms with Crippen molar-refractivity contribution in [2.24, 2.45) is 0 Å². The zero-order valence-corrected chi connectivity index (χ0v) is 19.2. The number of hydrogen-bond donors (Lipinski definition) is 1. The maximum Gasteiger partial charge on any atom is 0.416 e. The summed E-state index contributed by atoms with van der Waals surface area (Å²) in [5, 5.41) is 13.0. The smallest absolute Gasteiger partial charge is 0.416 e. The van der Waals surface area contributed by atoms with Crippen LogP contribution in [0.25, 0.3) is 5.69 Å². The van der Waals surface area contributed by atoms with E-state index in [2.05, 4.69) is 20.1 Å². The highest BCUT2D eigenvalue weighted by molar-refractivity contribution is 6.30. The van der Waals surface area contributed by atoms with Gasteiger partial charge in [0.05, 0.1) is 23.9 Å². The van der Waals surface area contributed by atoms with E-state index in [-0.39, 0.29) is 30.2 Å². The normalized spacial score (nSPS) is 20.2. The van der Waals surface area contributed by atoms with E-state index < -0.39 is 11.7 Å². The number of aromatic nitrogens is 3. The highest BCUT2D eigenvalue weighted by Gasteiger charge is 2.32. The molecule has 0 amide bonds. The molecule has 1 fully saturated rings. The van der Waals surface area contributed by atoms with E-state index >= 15 is 0 Å². The van der Waals surface area contributed by atoms with Crippen LogP contribution >= 0.6 is 24.0 Å². The van der Waals surface area contributed by atoms with Crippen molar-refractivity contribution >= 4 is 24.0 Å². The Morgan fingerprint density at radius 1 is 1.00 bits per heavy atom. The molecule has 2 aliphatic rings. The van der Waals surface area contributed by atoms with Crippen molar-refractivity contribution in [1.82, 2.24) is 20.1 Å². The maximum absolute atomic E-state index is 13.0. The van der Waals surface area contributed by atoms with E-state index in [1.54, 1.807) is 6.07 Å². The van der Waals surface area contributed by atoms with E-state index in [9.17, 15) is 13.2 Å². The van der Waals surface area contributed by atoms with Crippen LogP contribution in [-0.4, -0.2) is 20.9 Å². The largest absolute Gasteiger partial charge is 0.490 e. The number of rotatable bonds is 3. The topological polar surface area (TPSA) is 52.0 Å². The zero-order valence-electron chi connectivity index (χ0n) is 17.6. The highest BCUT2D eigenvalue weighted by Crippen LogP contribution is 2.37. The van der Waals surface area contributed by atoms with Crippen LogP contribution in [0.1, 0.15) is 54.4 Å². The van der Waals surface area contributed by atoms with Crippen molar-refractivity contribution in [2.45, 2.75) is 57.0 Å². The Labute approximate surface area is 200 Å². The van der Waals surface area contributed by atoms with E-state index in [1.807, 2.05) is 18.2 Å². The summed E-state index contributed by atoms with van der Waals surface area (Å²) in [6, 6.07) is 10.9. The molecule has 5 nitrogen and oxygen atoms in total. The van der Waals surface area contributed by atoms with Crippen LogP contribution in [0.4, 0.5) is 13.2 Å². The van der Waals surface area contributed by atoms with Gasteiger partial charge >= 0.3 is 6.18 Å². The lowest BCUT2D eigenvalue weighted by Gasteiger charge is -2.29. The fraction of sp³-hybridized carbons (Fsp3) is 0.391. The molecule has 1 aliphatic heterocycles. The molecular weight excluding hydrogens is 476 g/mol. The predicted octanol–water partition coefficient (Wildman–Crippen LogP) is 6.07. The summed E-state index contributed by atoms with van der Waals surface area (Å²) in [4.78, 5) is 0. The van der Waals surface area contributed by atoms with Gasteiger partial charge in [0.2, 0.25) is 0 Å². The van der Waals surface area contributed by atoms with E-state index in [1.165, 1.54) is 6.07 Å². The fourth-order valence-electron chi connectivity index (χ4n) is 4.57. The molecule has 5 rings (SSSR count). The summed E-state index contributed by atoms with van der Waals surface area (Å²) < 4.78 is 46.9. The zero-order chi connectivity index (χ0) is 22.3. The summed E-state index contributed by atoms with van der Waals surface area (Å²) in [5.74, 6) is 2.25. The third-order valence-corrected chi connectivity index (χ3v) is 6.37. The quantitative estimate of drug-likeness (QED) is 0.476. The molecule has 0 saturated heterocycles. The highest BCUT2D eigenvalue weighted by atomic mass is 35.5. The maximum atomic E-state index is 13.0. The molecule has 1 aliphatic carbocycles. The third kappa shape index (κ3) is 4.98. The van der Waals surface area contributed by atoms with Gasteiger partial charge < -0.3 is 10.1 Å². The van der Waals surface area contributed by atoms with Crippen LogP contribution in [0, 0.1) is 0 Å². The minimum atomic E-state index is -4.38. The van der Waals surface area contributed by atoms with Crippen molar-refractivity contribution < 1.29 is 17.9 Å². The lowest BCUT2D eigenvalue weighted by Crippen LogP contribution is -2.25. The molecule has 3 aromatic rings. The molecule has 0 bridgehead atoms. The second-order valence-electron chi connectivity index (χ2n) is 8.30. The Morgan fingerprint density at radius 2 is 1.79 bits per heavy atom. The van der Waals surface area contributed by atoms with Gasteiger partial charge in [-0.3, -0.25) is 4.57 Å². The predicted molar refractivity (Wildman–Crippen MR) is 121 cm³/mol. The number of halogens is 5. The molecule has 2 aromatic carbocycles. The number of alkyl halides is 3. The SMILES string of the molecule is Cl.FC(F)(F)c1cccc(O[C@H]2CC[C@H](c3nnc4n3-c3ccc(Cl)cc3CNC4)CC2)c1. The number of fused-ring (bicyclic) bond motifs is 3. The second kappa shape index (κ2) is 9.52. The number of ether oxygens (including phenoxy) is 1. The van der Waals surface area contributed by atoms with Crippen molar-refractivity contribution in [3.05, 3.63) is 70.3 Å². The Morgan fingerprint density at radius 3 is 2.55 bits per heavy atom. The molecule has 176 valence electrons. The van der Waals surface area contributed by atoms with Crippen molar-refractivity contribution in [1.29, 1.82) is 0 Å². The van der Waals surface area contributed by atoms with E-state index in [0.717, 1.165) is 60.7 Å². The van der Waals surface area contributed by atoms with Gasteiger partial charge in [-0.2, -0.15) is 13.2 Å². The average Bonchev–Trinajstić information content (AvgIpc) is 3.09. The standard InChI is InChI=1S/C23H22ClF3N4O.ClH/c24-17-6-9-20-15(10-17)12-28-13-21-29-30-22(31(20)21)14-4-7-18(8-5-14)32-19-3-1-2-16(11-19)23(25,26)27;/h1-3,6,9-11,14,18,28H,4-5,7-8,12-13H2;1H/t14-,18-;. The summed E-state index contributed by atoms with van der Waals surface area (Å²) in [7, 11) is 0. The Hall–Kier alpha value is -2.29. The van der Waals surface area contributed by atoms with E-state index in [0.29, 0.717) is 18.1 Å². The minimum absolute atomic E-state index is 0. The molecule has 1 saturated carbocycles. The molecule has 0 spiro atoms. The molecule has 10 heteroatoms. The first-order valence-electron chi connectivity index (χ1n) is 10.7. The average molecular weight is 499 g/mol. The summed E-state index contributed by atoms with van der Waals surface area (Å²) >= 11 is 6.19. The van der Waals surface area contributed by atoms with Crippen LogP contribution in [0.5, 0.6) is 5.75 Å². The molecule has 1 aromatic heterocycles. The monoisotopic (exact) mass is 498 g/mol. The van der Waals surface area contributed by atoms with Crippen LogP contribution in [0.2, 0.25) is 5.02 Å². The van der Waals surface area contributed by atoms with E-state index in [4.69, 9.17) is 16.3 Å². The van der Waals surface area contributed by atoms with Crippen molar-refractivity contribution in [3.8, 4) is 11.4 Å². The molecular formula is C23H23Cl2F3N4O. The molecule has 33 heavy (non-hydrogen) atoms. The number of nitrogens with zero attached hydrogens (tertiary/aromatic N) is 3. The molecule has 2 heterocycles. The Kier molecular flexibility index (Phi) is 6.88. The van der Waals surface area contributed by atoms with Gasteiger partial charge in [0.25, 0.3) is 0 Å².